The molecule has 0 radical (unpaired) electrons. The molecule has 0 aromatic heterocycles. The first-order valence-corrected chi connectivity index (χ1v) is 9.04. The molecule has 3 rings (SSSR count). The summed E-state index contributed by atoms with van der Waals surface area (Å²) in [5.74, 6) is -1.26. The van der Waals surface area contributed by atoms with Gasteiger partial charge in [0, 0.05) is 19.3 Å². The molecule has 7 heteroatoms. The van der Waals surface area contributed by atoms with E-state index in [-0.39, 0.29) is 11.3 Å². The molecule has 0 N–H and O–H groups in total. The maximum Gasteiger partial charge on any atom is 0.355 e. The highest BCUT2D eigenvalue weighted by atomic mass is 35.5. The summed E-state index contributed by atoms with van der Waals surface area (Å²) in [7, 11) is 2.55. The number of ether oxygens (including phenoxy) is 2. The highest BCUT2D eigenvalue weighted by Gasteiger charge is 2.30. The van der Waals surface area contributed by atoms with Crippen LogP contribution in [0.5, 0.6) is 0 Å². The number of allylic oxidation sites excluding steroid dienone is 2. The third-order valence-corrected chi connectivity index (χ3v) is 4.84. The fourth-order valence-electron chi connectivity index (χ4n) is 3.30. The Morgan fingerprint density at radius 3 is 2.41 bits per heavy atom. The number of halogens is 1. The molecule has 0 atom stereocenters. The van der Waals surface area contributed by atoms with Gasteiger partial charge < -0.3 is 19.3 Å². The molecule has 0 spiro atoms. The van der Waals surface area contributed by atoms with Gasteiger partial charge in [-0.25, -0.2) is 9.59 Å². The Hall–Kier alpha value is -2.73. The van der Waals surface area contributed by atoms with Gasteiger partial charge in [-0.05, 0) is 37.1 Å². The van der Waals surface area contributed by atoms with E-state index in [2.05, 4.69) is 4.90 Å². The lowest BCUT2D eigenvalue weighted by molar-refractivity contribution is -0.139. The molecule has 1 aromatic rings. The Labute approximate surface area is 163 Å². The quantitative estimate of drug-likeness (QED) is 0.736. The summed E-state index contributed by atoms with van der Waals surface area (Å²) < 4.78 is 9.82. The molecule has 0 amide bonds. The minimum atomic E-state index is -0.640. The normalized spacial score (nSPS) is 16.6. The molecule has 0 bridgehead atoms. The first-order chi connectivity index (χ1) is 13.1. The van der Waals surface area contributed by atoms with Gasteiger partial charge in [-0.1, -0.05) is 23.7 Å². The van der Waals surface area contributed by atoms with Crippen LogP contribution in [-0.4, -0.2) is 39.2 Å². The molecule has 0 unspecified atom stereocenters. The molecule has 2 aliphatic rings. The summed E-state index contributed by atoms with van der Waals surface area (Å²) in [6.07, 6.45) is 8.83. The summed E-state index contributed by atoms with van der Waals surface area (Å²) in [6.45, 7) is 1.77. The minimum Gasteiger partial charge on any atom is -0.465 e. The van der Waals surface area contributed by atoms with Crippen molar-refractivity contribution in [1.29, 1.82) is 0 Å². The Morgan fingerprint density at radius 1 is 1.04 bits per heavy atom. The molecule has 142 valence electrons. The lowest BCUT2D eigenvalue weighted by atomic mass is 10.1. The van der Waals surface area contributed by atoms with E-state index in [0.717, 1.165) is 31.6 Å². The van der Waals surface area contributed by atoms with Crippen LogP contribution in [0, 0.1) is 0 Å². The highest BCUT2D eigenvalue weighted by Crippen LogP contribution is 2.40. The van der Waals surface area contributed by atoms with Crippen LogP contribution in [0.4, 0.5) is 11.4 Å². The lowest BCUT2D eigenvalue weighted by Gasteiger charge is -2.29. The van der Waals surface area contributed by atoms with Gasteiger partial charge in [-0.15, -0.1) is 0 Å². The summed E-state index contributed by atoms with van der Waals surface area (Å²) in [5, 5.41) is 0.587. The van der Waals surface area contributed by atoms with Gasteiger partial charge >= 0.3 is 11.9 Å². The molecule has 6 nitrogen and oxygen atoms in total. The van der Waals surface area contributed by atoms with Crippen LogP contribution in [0.25, 0.3) is 0 Å². The first kappa shape index (κ1) is 19.0. The van der Waals surface area contributed by atoms with Crippen LogP contribution in [0.15, 0.2) is 53.9 Å². The lowest BCUT2D eigenvalue weighted by Crippen LogP contribution is -2.29. The van der Waals surface area contributed by atoms with Crippen molar-refractivity contribution in [2.45, 2.75) is 12.8 Å². The van der Waals surface area contributed by atoms with Crippen LogP contribution < -0.4 is 9.80 Å². The zero-order valence-corrected chi connectivity index (χ0v) is 16.0. The zero-order chi connectivity index (χ0) is 19.4. The van der Waals surface area contributed by atoms with Crippen LogP contribution in [0.2, 0.25) is 5.02 Å². The van der Waals surface area contributed by atoms with Gasteiger partial charge in [0.15, 0.2) is 0 Å². The number of methoxy groups -OCH3 is 2. The average Bonchev–Trinajstić information content (AvgIpc) is 3.12. The minimum absolute atomic E-state index is 0.0806. The van der Waals surface area contributed by atoms with Crippen molar-refractivity contribution in [2.75, 3.05) is 37.1 Å². The first-order valence-electron chi connectivity index (χ1n) is 8.67. The molecule has 2 heterocycles. The second-order valence-corrected chi connectivity index (χ2v) is 6.53. The largest absolute Gasteiger partial charge is 0.465 e. The zero-order valence-electron chi connectivity index (χ0n) is 15.3. The van der Waals surface area contributed by atoms with E-state index < -0.39 is 11.9 Å². The third kappa shape index (κ3) is 3.71. The van der Waals surface area contributed by atoms with Crippen molar-refractivity contribution in [3.05, 3.63) is 58.9 Å². The molecule has 0 saturated carbocycles. The Bertz CT molecular complexity index is 838. The van der Waals surface area contributed by atoms with E-state index in [4.69, 9.17) is 21.1 Å². The van der Waals surface area contributed by atoms with E-state index in [1.54, 1.807) is 23.3 Å². The second kappa shape index (κ2) is 8.31. The van der Waals surface area contributed by atoms with Crippen molar-refractivity contribution < 1.29 is 19.1 Å². The predicted molar refractivity (Wildman–Crippen MR) is 105 cm³/mol. The van der Waals surface area contributed by atoms with Gasteiger partial charge in [0.05, 0.1) is 36.2 Å². The van der Waals surface area contributed by atoms with Gasteiger partial charge in [0.25, 0.3) is 0 Å². The maximum absolute atomic E-state index is 12.6. The molecule has 1 aromatic carbocycles. The van der Waals surface area contributed by atoms with Crippen molar-refractivity contribution in [2.24, 2.45) is 0 Å². The van der Waals surface area contributed by atoms with E-state index in [1.165, 1.54) is 20.3 Å². The molecule has 0 aliphatic carbocycles. The molecule has 1 saturated heterocycles. The van der Waals surface area contributed by atoms with Gasteiger partial charge in [-0.3, -0.25) is 0 Å². The highest BCUT2D eigenvalue weighted by molar-refractivity contribution is 6.34. The summed E-state index contributed by atoms with van der Waals surface area (Å²) in [4.78, 5) is 28.7. The number of para-hydroxylation sites is 1. The van der Waals surface area contributed by atoms with Gasteiger partial charge in [-0.2, -0.15) is 0 Å². The average molecular weight is 389 g/mol. The number of carbonyl (C=O) groups excluding carboxylic acids is 2. The Morgan fingerprint density at radius 2 is 1.74 bits per heavy atom. The van der Waals surface area contributed by atoms with Crippen LogP contribution in [0.1, 0.15) is 12.8 Å². The number of nitrogens with zero attached hydrogens (tertiary/aromatic N) is 2. The summed E-state index contributed by atoms with van der Waals surface area (Å²) >= 11 is 6.52. The predicted octanol–water partition coefficient (Wildman–Crippen LogP) is 3.43. The van der Waals surface area contributed by atoms with Crippen LogP contribution in [-0.2, 0) is 19.1 Å². The number of benzene rings is 1. The molecule has 1 fully saturated rings. The maximum atomic E-state index is 12.6. The van der Waals surface area contributed by atoms with E-state index in [9.17, 15) is 9.59 Å². The van der Waals surface area contributed by atoms with E-state index in [1.807, 2.05) is 18.2 Å². The summed E-state index contributed by atoms with van der Waals surface area (Å²) in [5.41, 5.74) is 1.72. The molecular weight excluding hydrogens is 368 g/mol. The Kier molecular flexibility index (Phi) is 5.86. The van der Waals surface area contributed by atoms with Crippen molar-refractivity contribution in [3.8, 4) is 0 Å². The topological polar surface area (TPSA) is 59.1 Å². The van der Waals surface area contributed by atoms with E-state index in [0.29, 0.717) is 10.7 Å². The standard InChI is InChI=1S/C20H21ClN2O4/c1-26-19(24)14-8-3-4-13-23(17(14)20(25)27-2)16-10-7-9-15(21)18(16)22-11-5-6-12-22/h3-4,7-10,13H,5-6,11-12H2,1-2H3. The van der Waals surface area contributed by atoms with Crippen molar-refractivity contribution in [1.82, 2.24) is 0 Å². The fraction of sp³-hybridized carbons (Fsp3) is 0.300. The molecule has 2 aliphatic heterocycles. The third-order valence-electron chi connectivity index (χ3n) is 4.54. The SMILES string of the molecule is COC(=O)C1=C(C(=O)OC)N(c2cccc(Cl)c2N2CCCC2)C=CC=C1. The number of hydrogen-bond acceptors (Lipinski definition) is 6. The van der Waals surface area contributed by atoms with Gasteiger partial charge in [0.2, 0.25) is 0 Å². The Balaban J connectivity index is 2.21. The fourth-order valence-corrected chi connectivity index (χ4v) is 3.59. The van der Waals surface area contributed by atoms with Gasteiger partial charge in [0.1, 0.15) is 5.70 Å². The number of hydrogen-bond donors (Lipinski definition) is 0. The smallest absolute Gasteiger partial charge is 0.355 e. The number of rotatable bonds is 4. The monoisotopic (exact) mass is 388 g/mol. The van der Waals surface area contributed by atoms with E-state index >= 15 is 0 Å². The van der Waals surface area contributed by atoms with Crippen LogP contribution in [0.3, 0.4) is 0 Å². The number of anilines is 2. The summed E-state index contributed by atoms with van der Waals surface area (Å²) in [6, 6.07) is 5.50. The molecular formula is C20H21ClN2O4. The molecule has 27 heavy (non-hydrogen) atoms. The number of carbonyl (C=O) groups is 2. The second-order valence-electron chi connectivity index (χ2n) is 6.12. The number of esters is 2. The van der Waals surface area contributed by atoms with Crippen molar-refractivity contribution in [3.63, 3.8) is 0 Å². The van der Waals surface area contributed by atoms with Crippen LogP contribution >= 0.6 is 11.6 Å². The van der Waals surface area contributed by atoms with Crippen molar-refractivity contribution >= 4 is 34.9 Å².